The van der Waals surface area contributed by atoms with Crippen molar-refractivity contribution in [1.82, 2.24) is 5.32 Å². The summed E-state index contributed by atoms with van der Waals surface area (Å²) in [5, 5.41) is 13.1. The van der Waals surface area contributed by atoms with Crippen molar-refractivity contribution in [3.63, 3.8) is 0 Å². The normalized spacial score (nSPS) is 10.8. The summed E-state index contributed by atoms with van der Waals surface area (Å²) < 4.78 is 10.0. The molecule has 0 saturated carbocycles. The van der Waals surface area contributed by atoms with Crippen LogP contribution >= 0.6 is 0 Å². The summed E-state index contributed by atoms with van der Waals surface area (Å²) >= 11 is 0. The predicted molar refractivity (Wildman–Crippen MR) is 84.0 cm³/mol. The maximum absolute atomic E-state index is 11.7. The number of carbonyl (C=O) groups is 3. The number of carbonyl (C=O) groups excluding carboxylic acids is 3. The zero-order valence-electron chi connectivity index (χ0n) is 14.1. The summed E-state index contributed by atoms with van der Waals surface area (Å²) in [5.41, 5.74) is 0.157. The first kappa shape index (κ1) is 19.5. The van der Waals surface area contributed by atoms with Gasteiger partial charge in [-0.3, -0.25) is 4.79 Å². The topological polar surface area (TPSA) is 105 Å². The molecule has 0 aliphatic heterocycles. The van der Waals surface area contributed by atoms with Gasteiger partial charge in [-0.05, 0) is 31.4 Å². The average molecular weight is 336 g/mol. The monoisotopic (exact) mass is 336 g/mol. The van der Waals surface area contributed by atoms with Gasteiger partial charge in [0.25, 0.3) is 0 Å². The van der Waals surface area contributed by atoms with Crippen LogP contribution in [0.2, 0.25) is 0 Å². The van der Waals surface area contributed by atoms with Crippen molar-refractivity contribution < 1.29 is 29.0 Å². The highest BCUT2D eigenvalue weighted by Crippen LogP contribution is 2.21. The number of aromatic carboxylic acids is 1. The van der Waals surface area contributed by atoms with Crippen molar-refractivity contribution in [1.29, 1.82) is 0 Å². The first-order valence-electron chi connectivity index (χ1n) is 7.64. The van der Waals surface area contributed by atoms with Crippen molar-refractivity contribution in [2.75, 3.05) is 13.2 Å². The van der Waals surface area contributed by atoms with Crippen LogP contribution in [0.25, 0.3) is 0 Å². The molecule has 0 saturated heterocycles. The highest BCUT2D eigenvalue weighted by molar-refractivity contribution is 5.85. The van der Waals surface area contributed by atoms with Crippen LogP contribution in [-0.2, 0) is 20.9 Å². The van der Waals surface area contributed by atoms with Gasteiger partial charge in [-0.25, -0.2) is 4.79 Å². The number of rotatable bonds is 8. The molecule has 0 fully saturated rings. The zero-order chi connectivity index (χ0) is 18.2. The number of amides is 1. The van der Waals surface area contributed by atoms with Crippen LogP contribution in [-0.4, -0.2) is 31.2 Å². The van der Waals surface area contributed by atoms with Gasteiger partial charge in [0.15, 0.2) is 0 Å². The van der Waals surface area contributed by atoms with E-state index < -0.39 is 17.5 Å². The third-order valence-corrected chi connectivity index (χ3v) is 3.60. The Hall–Kier alpha value is -2.57. The SMILES string of the molecule is CCC(C)(C)C(=O)OCCNC(=O)OCc1ccc(C(=O)[O-])cc1. The van der Waals surface area contributed by atoms with Gasteiger partial charge in [0.1, 0.15) is 13.2 Å². The van der Waals surface area contributed by atoms with E-state index in [0.29, 0.717) is 12.0 Å². The van der Waals surface area contributed by atoms with Crippen LogP contribution in [0, 0.1) is 5.41 Å². The van der Waals surface area contributed by atoms with Crippen LogP contribution in [0.15, 0.2) is 24.3 Å². The molecule has 0 atom stereocenters. The molecule has 1 aromatic carbocycles. The molecule has 24 heavy (non-hydrogen) atoms. The number of nitrogens with one attached hydrogen (secondary N) is 1. The van der Waals surface area contributed by atoms with Gasteiger partial charge in [0.05, 0.1) is 17.9 Å². The van der Waals surface area contributed by atoms with Gasteiger partial charge in [-0.1, -0.05) is 31.2 Å². The van der Waals surface area contributed by atoms with Crippen LogP contribution in [0.4, 0.5) is 4.79 Å². The largest absolute Gasteiger partial charge is 0.545 e. The second-order valence-corrected chi connectivity index (χ2v) is 5.86. The number of carboxylic acid groups (broad SMARTS) is 1. The molecular weight excluding hydrogens is 314 g/mol. The minimum absolute atomic E-state index is 0.00180. The molecule has 7 heteroatoms. The fourth-order valence-corrected chi connectivity index (χ4v) is 1.57. The minimum Gasteiger partial charge on any atom is -0.545 e. The van der Waals surface area contributed by atoms with E-state index >= 15 is 0 Å². The summed E-state index contributed by atoms with van der Waals surface area (Å²) in [4.78, 5) is 33.8. The fraction of sp³-hybridized carbons (Fsp3) is 0.471. The molecular formula is C17H22NO6-. The van der Waals surface area contributed by atoms with E-state index in [1.165, 1.54) is 24.3 Å². The molecule has 0 aromatic heterocycles. The molecule has 0 spiro atoms. The van der Waals surface area contributed by atoms with Crippen molar-refractivity contribution >= 4 is 18.0 Å². The molecule has 1 amide bonds. The first-order chi connectivity index (χ1) is 11.3. The number of alkyl carbamates (subject to hydrolysis) is 1. The van der Waals surface area contributed by atoms with Crippen LogP contribution in [0.5, 0.6) is 0 Å². The summed E-state index contributed by atoms with van der Waals surface area (Å²) in [5.74, 6) is -1.57. The Morgan fingerprint density at radius 1 is 1.12 bits per heavy atom. The third kappa shape index (κ3) is 6.28. The number of esters is 1. The molecule has 1 N–H and O–H groups in total. The molecule has 1 rings (SSSR count). The smallest absolute Gasteiger partial charge is 0.407 e. The quantitative estimate of drug-likeness (QED) is 0.566. The summed E-state index contributed by atoms with van der Waals surface area (Å²) in [6.07, 6.45) is 0.0164. The molecule has 0 aliphatic rings. The highest BCUT2D eigenvalue weighted by Gasteiger charge is 2.26. The Morgan fingerprint density at radius 3 is 2.29 bits per heavy atom. The van der Waals surface area contributed by atoms with E-state index in [2.05, 4.69) is 5.32 Å². The van der Waals surface area contributed by atoms with E-state index in [-0.39, 0.29) is 31.3 Å². The van der Waals surface area contributed by atoms with Crippen LogP contribution in [0.1, 0.15) is 43.1 Å². The molecule has 0 radical (unpaired) electrons. The zero-order valence-corrected chi connectivity index (χ0v) is 14.1. The molecule has 0 heterocycles. The van der Waals surface area contributed by atoms with Crippen molar-refractivity contribution in [2.45, 2.75) is 33.8 Å². The lowest BCUT2D eigenvalue weighted by molar-refractivity contribution is -0.255. The molecule has 0 unspecified atom stereocenters. The number of hydrogen-bond acceptors (Lipinski definition) is 6. The lowest BCUT2D eigenvalue weighted by atomic mass is 9.91. The number of hydrogen-bond donors (Lipinski definition) is 1. The Labute approximate surface area is 141 Å². The third-order valence-electron chi connectivity index (χ3n) is 3.60. The Balaban J connectivity index is 2.25. The first-order valence-corrected chi connectivity index (χ1v) is 7.64. The molecule has 0 bridgehead atoms. The van der Waals surface area contributed by atoms with E-state index in [9.17, 15) is 19.5 Å². The van der Waals surface area contributed by atoms with E-state index in [1.807, 2.05) is 6.92 Å². The number of ether oxygens (including phenoxy) is 2. The van der Waals surface area contributed by atoms with E-state index in [4.69, 9.17) is 9.47 Å². The number of benzene rings is 1. The van der Waals surface area contributed by atoms with Gasteiger partial charge >= 0.3 is 12.1 Å². The maximum Gasteiger partial charge on any atom is 0.407 e. The van der Waals surface area contributed by atoms with Gasteiger partial charge in [0, 0.05) is 0 Å². The number of carboxylic acids is 1. The van der Waals surface area contributed by atoms with Crippen molar-refractivity contribution in [2.24, 2.45) is 5.41 Å². The van der Waals surface area contributed by atoms with E-state index in [1.54, 1.807) is 13.8 Å². The van der Waals surface area contributed by atoms with Crippen molar-refractivity contribution in [3.05, 3.63) is 35.4 Å². The fourth-order valence-electron chi connectivity index (χ4n) is 1.57. The predicted octanol–water partition coefficient (Wildman–Crippen LogP) is 1.26. The second kappa shape index (κ2) is 8.90. The van der Waals surface area contributed by atoms with E-state index in [0.717, 1.165) is 0 Å². The molecule has 0 aliphatic carbocycles. The molecule has 7 nitrogen and oxygen atoms in total. The minimum atomic E-state index is -1.26. The van der Waals surface area contributed by atoms with Gasteiger partial charge in [-0.2, -0.15) is 0 Å². The van der Waals surface area contributed by atoms with Gasteiger partial charge < -0.3 is 24.7 Å². The molecule has 132 valence electrons. The summed E-state index contributed by atoms with van der Waals surface area (Å²) in [7, 11) is 0. The Bertz CT molecular complexity index is 579. The lowest BCUT2D eigenvalue weighted by Gasteiger charge is -2.20. The summed E-state index contributed by atoms with van der Waals surface area (Å²) in [6.45, 7) is 5.70. The average Bonchev–Trinajstić information content (AvgIpc) is 2.56. The lowest BCUT2D eigenvalue weighted by Crippen LogP contribution is -2.31. The Kier molecular flexibility index (Phi) is 7.23. The maximum atomic E-state index is 11.7. The van der Waals surface area contributed by atoms with Crippen LogP contribution in [0.3, 0.4) is 0 Å². The summed E-state index contributed by atoms with van der Waals surface area (Å²) in [6, 6.07) is 5.82. The molecule has 1 aromatic rings. The second-order valence-electron chi connectivity index (χ2n) is 5.86. The van der Waals surface area contributed by atoms with Gasteiger partial charge in [-0.15, -0.1) is 0 Å². The van der Waals surface area contributed by atoms with Gasteiger partial charge in [0.2, 0.25) is 0 Å². The standard InChI is InChI=1S/C17H23NO6/c1-4-17(2,3)15(21)23-10-9-18-16(22)24-11-12-5-7-13(8-6-12)14(19)20/h5-8H,4,9-11H2,1-3H3,(H,18,22)(H,19,20)/p-1. The Morgan fingerprint density at radius 2 is 1.75 bits per heavy atom. The van der Waals surface area contributed by atoms with Crippen LogP contribution < -0.4 is 10.4 Å². The highest BCUT2D eigenvalue weighted by atomic mass is 16.6. The van der Waals surface area contributed by atoms with Crippen molar-refractivity contribution in [3.8, 4) is 0 Å².